The number of benzene rings is 1. The van der Waals surface area contributed by atoms with Gasteiger partial charge in [0, 0.05) is 11.4 Å². The van der Waals surface area contributed by atoms with Crippen molar-refractivity contribution in [2.24, 2.45) is 5.73 Å². The number of hydrogen-bond acceptors (Lipinski definition) is 4. The summed E-state index contributed by atoms with van der Waals surface area (Å²) in [7, 11) is 1.68. The summed E-state index contributed by atoms with van der Waals surface area (Å²) in [6, 6.07) is 6.10. The van der Waals surface area contributed by atoms with Gasteiger partial charge in [0.15, 0.2) is 0 Å². The van der Waals surface area contributed by atoms with Gasteiger partial charge in [0.1, 0.15) is 10.8 Å². The fraction of sp³-hybridized carbons (Fsp3) is 0.308. The number of thiazole rings is 1. The van der Waals surface area contributed by atoms with Crippen LogP contribution in [-0.4, -0.2) is 12.1 Å². The van der Waals surface area contributed by atoms with Crippen molar-refractivity contribution in [2.45, 2.75) is 20.4 Å². The molecule has 90 valence electrons. The molecule has 0 saturated heterocycles. The minimum absolute atomic E-state index is 0.483. The molecule has 4 heteroatoms. The summed E-state index contributed by atoms with van der Waals surface area (Å²) in [4.78, 5) is 5.73. The van der Waals surface area contributed by atoms with Gasteiger partial charge in [-0.1, -0.05) is 11.6 Å². The lowest BCUT2D eigenvalue weighted by molar-refractivity contribution is 0.416. The van der Waals surface area contributed by atoms with E-state index >= 15 is 0 Å². The Morgan fingerprint density at radius 1 is 1.35 bits per heavy atom. The zero-order chi connectivity index (χ0) is 12.4. The molecule has 0 unspecified atom stereocenters. The summed E-state index contributed by atoms with van der Waals surface area (Å²) in [5, 5.41) is 0.975. The van der Waals surface area contributed by atoms with E-state index in [1.54, 1.807) is 18.4 Å². The molecule has 0 bridgehead atoms. The first-order valence-electron chi connectivity index (χ1n) is 5.47. The zero-order valence-corrected chi connectivity index (χ0v) is 11.1. The number of hydrogen-bond donors (Lipinski definition) is 1. The second-order valence-electron chi connectivity index (χ2n) is 3.93. The van der Waals surface area contributed by atoms with Crippen molar-refractivity contribution in [2.75, 3.05) is 7.11 Å². The van der Waals surface area contributed by atoms with E-state index in [1.807, 2.05) is 19.1 Å². The van der Waals surface area contributed by atoms with E-state index in [1.165, 1.54) is 10.4 Å². The monoisotopic (exact) mass is 248 g/mol. The number of aromatic nitrogens is 1. The minimum atomic E-state index is 0.483. The van der Waals surface area contributed by atoms with Crippen LogP contribution in [0, 0.1) is 13.8 Å². The van der Waals surface area contributed by atoms with Gasteiger partial charge < -0.3 is 10.5 Å². The van der Waals surface area contributed by atoms with Crippen molar-refractivity contribution < 1.29 is 4.74 Å². The molecule has 1 heterocycles. The third-order valence-electron chi connectivity index (χ3n) is 2.67. The zero-order valence-electron chi connectivity index (χ0n) is 10.3. The molecule has 0 radical (unpaired) electrons. The highest BCUT2D eigenvalue weighted by atomic mass is 32.1. The summed E-state index contributed by atoms with van der Waals surface area (Å²) >= 11 is 1.66. The van der Waals surface area contributed by atoms with Gasteiger partial charge in [-0.25, -0.2) is 4.98 Å². The molecule has 0 aliphatic carbocycles. The fourth-order valence-corrected chi connectivity index (χ4v) is 2.68. The van der Waals surface area contributed by atoms with Gasteiger partial charge in [0.05, 0.1) is 18.4 Å². The van der Waals surface area contributed by atoms with E-state index in [2.05, 4.69) is 18.0 Å². The predicted octanol–water partition coefficient (Wildman–Crippen LogP) is 2.89. The highest BCUT2D eigenvalue weighted by Gasteiger charge is 2.12. The van der Waals surface area contributed by atoms with Crippen LogP contribution in [0.5, 0.6) is 5.75 Å². The van der Waals surface area contributed by atoms with Crippen LogP contribution in [0.25, 0.3) is 10.6 Å². The van der Waals surface area contributed by atoms with Crippen LogP contribution < -0.4 is 10.5 Å². The highest BCUT2D eigenvalue weighted by molar-refractivity contribution is 7.15. The topological polar surface area (TPSA) is 48.1 Å². The first kappa shape index (κ1) is 12.1. The summed E-state index contributed by atoms with van der Waals surface area (Å²) in [6.07, 6.45) is 0. The second-order valence-corrected chi connectivity index (χ2v) is 5.13. The summed E-state index contributed by atoms with van der Waals surface area (Å²) in [5.74, 6) is 0.855. The Bertz CT molecular complexity index is 534. The lowest BCUT2D eigenvalue weighted by Gasteiger charge is -2.06. The van der Waals surface area contributed by atoms with E-state index in [-0.39, 0.29) is 0 Å². The number of rotatable bonds is 3. The van der Waals surface area contributed by atoms with E-state index in [0.29, 0.717) is 6.54 Å². The molecule has 0 aliphatic rings. The van der Waals surface area contributed by atoms with Gasteiger partial charge in [0.2, 0.25) is 0 Å². The van der Waals surface area contributed by atoms with Crippen molar-refractivity contribution in [1.29, 1.82) is 0 Å². The highest BCUT2D eigenvalue weighted by Crippen LogP contribution is 2.34. The molecule has 2 N–H and O–H groups in total. The van der Waals surface area contributed by atoms with Gasteiger partial charge in [0.25, 0.3) is 0 Å². The molecule has 1 aromatic heterocycles. The Morgan fingerprint density at radius 3 is 2.71 bits per heavy atom. The lowest BCUT2D eigenvalue weighted by atomic mass is 10.1. The molecule has 3 nitrogen and oxygen atoms in total. The number of aryl methyl sites for hydroxylation is 2. The molecule has 0 spiro atoms. The van der Waals surface area contributed by atoms with Gasteiger partial charge in [-0.2, -0.15) is 0 Å². The Morgan fingerprint density at radius 2 is 2.12 bits per heavy atom. The summed E-state index contributed by atoms with van der Waals surface area (Å²) in [5.41, 5.74) is 8.86. The quantitative estimate of drug-likeness (QED) is 0.908. The maximum Gasteiger partial charge on any atom is 0.129 e. The van der Waals surface area contributed by atoms with Crippen LogP contribution in [0.2, 0.25) is 0 Å². The van der Waals surface area contributed by atoms with Crippen molar-refractivity contribution >= 4 is 11.3 Å². The molecule has 2 aromatic rings. The van der Waals surface area contributed by atoms with Gasteiger partial charge in [-0.3, -0.25) is 0 Å². The molecule has 0 aliphatic heterocycles. The average molecular weight is 248 g/mol. The maximum absolute atomic E-state index is 5.66. The van der Waals surface area contributed by atoms with Crippen LogP contribution in [0.4, 0.5) is 0 Å². The Hall–Kier alpha value is -1.39. The Labute approximate surface area is 105 Å². The lowest BCUT2D eigenvalue weighted by Crippen LogP contribution is -1.98. The summed E-state index contributed by atoms with van der Waals surface area (Å²) < 4.78 is 5.37. The first-order chi connectivity index (χ1) is 8.15. The SMILES string of the molecule is COc1ccc(C)cc1-c1nc(CN)c(C)s1. The van der Waals surface area contributed by atoms with E-state index in [4.69, 9.17) is 10.5 Å². The maximum atomic E-state index is 5.66. The Kier molecular flexibility index (Phi) is 3.45. The molecule has 0 atom stereocenters. The molecule has 0 saturated carbocycles. The van der Waals surface area contributed by atoms with Crippen LogP contribution in [0.3, 0.4) is 0 Å². The van der Waals surface area contributed by atoms with Crippen molar-refractivity contribution in [3.8, 4) is 16.3 Å². The van der Waals surface area contributed by atoms with Crippen LogP contribution in [-0.2, 0) is 6.54 Å². The second kappa shape index (κ2) is 4.85. The molecular formula is C13H16N2OS. The van der Waals surface area contributed by atoms with Crippen LogP contribution in [0.1, 0.15) is 16.1 Å². The number of methoxy groups -OCH3 is 1. The molecule has 0 amide bonds. The molecule has 1 aromatic carbocycles. The Balaban J connectivity index is 2.54. The van der Waals surface area contributed by atoms with E-state index < -0.39 is 0 Å². The van der Waals surface area contributed by atoms with E-state index in [9.17, 15) is 0 Å². The first-order valence-corrected chi connectivity index (χ1v) is 6.28. The molecular weight excluding hydrogens is 232 g/mol. The third kappa shape index (κ3) is 2.33. The molecule has 2 rings (SSSR count). The van der Waals surface area contributed by atoms with Gasteiger partial charge in [-0.15, -0.1) is 11.3 Å². The van der Waals surface area contributed by atoms with Crippen LogP contribution in [0.15, 0.2) is 18.2 Å². The standard InChI is InChI=1S/C13H16N2OS/c1-8-4-5-12(16-3)10(6-8)13-15-11(7-14)9(2)17-13/h4-6H,7,14H2,1-3H3. The van der Waals surface area contributed by atoms with Gasteiger partial charge >= 0.3 is 0 Å². The fourth-order valence-electron chi connectivity index (χ4n) is 1.72. The normalized spacial score (nSPS) is 10.6. The van der Waals surface area contributed by atoms with Gasteiger partial charge in [-0.05, 0) is 26.0 Å². The number of nitrogens with two attached hydrogens (primary N) is 1. The van der Waals surface area contributed by atoms with Crippen molar-refractivity contribution in [3.05, 3.63) is 34.3 Å². The van der Waals surface area contributed by atoms with Crippen molar-refractivity contribution in [1.82, 2.24) is 4.98 Å². The minimum Gasteiger partial charge on any atom is -0.496 e. The van der Waals surface area contributed by atoms with Crippen molar-refractivity contribution in [3.63, 3.8) is 0 Å². The number of ether oxygens (including phenoxy) is 1. The van der Waals surface area contributed by atoms with Crippen LogP contribution >= 0.6 is 11.3 Å². The number of nitrogens with zero attached hydrogens (tertiary/aromatic N) is 1. The molecule has 0 fully saturated rings. The van der Waals surface area contributed by atoms with E-state index in [0.717, 1.165) is 22.0 Å². The smallest absolute Gasteiger partial charge is 0.129 e. The third-order valence-corrected chi connectivity index (χ3v) is 3.72. The average Bonchev–Trinajstić information content (AvgIpc) is 2.70. The summed E-state index contributed by atoms with van der Waals surface area (Å²) in [6.45, 7) is 4.59. The molecule has 17 heavy (non-hydrogen) atoms. The largest absolute Gasteiger partial charge is 0.496 e. The predicted molar refractivity (Wildman–Crippen MR) is 71.5 cm³/mol.